The van der Waals surface area contributed by atoms with Gasteiger partial charge >= 0.3 is 11.9 Å². The highest BCUT2D eigenvalue weighted by atomic mass is 16.5. The maximum atomic E-state index is 9.10. The van der Waals surface area contributed by atoms with Crippen molar-refractivity contribution in [3.05, 3.63) is 53.6 Å². The van der Waals surface area contributed by atoms with Crippen molar-refractivity contribution in [1.82, 2.24) is 5.32 Å². The molecule has 0 heterocycles. The SMILES string of the molecule is COc1ccc(CCNCc2cc(OC)cc(OC)c2)cc1.O=C(O)C(=O)O. The van der Waals surface area contributed by atoms with Gasteiger partial charge in [0.05, 0.1) is 21.3 Å². The summed E-state index contributed by atoms with van der Waals surface area (Å²) in [5.41, 5.74) is 2.43. The van der Waals surface area contributed by atoms with Crippen LogP contribution in [0.1, 0.15) is 11.1 Å². The standard InChI is InChI=1S/C18H23NO3.C2H2O4/c1-20-16-6-4-14(5-7-16)8-9-19-13-15-10-17(21-2)12-18(11-15)22-3;3-1(4)2(5)6/h4-7,10-12,19H,8-9,13H2,1-3H3;(H,3,4)(H,5,6). The topological polar surface area (TPSA) is 114 Å². The number of benzene rings is 2. The summed E-state index contributed by atoms with van der Waals surface area (Å²) >= 11 is 0. The smallest absolute Gasteiger partial charge is 0.414 e. The van der Waals surface area contributed by atoms with Gasteiger partial charge in [0.2, 0.25) is 0 Å². The molecule has 0 aliphatic heterocycles. The molecule has 0 aromatic heterocycles. The lowest BCUT2D eigenvalue weighted by Gasteiger charge is -2.10. The first-order chi connectivity index (χ1) is 13.4. The van der Waals surface area contributed by atoms with Crippen molar-refractivity contribution in [2.45, 2.75) is 13.0 Å². The van der Waals surface area contributed by atoms with Crippen LogP contribution < -0.4 is 19.5 Å². The summed E-state index contributed by atoms with van der Waals surface area (Å²) in [6.45, 7) is 1.69. The predicted octanol–water partition coefficient (Wildman–Crippen LogP) is 2.20. The van der Waals surface area contributed by atoms with Crippen LogP contribution in [0.5, 0.6) is 17.2 Å². The van der Waals surface area contributed by atoms with Crippen molar-refractivity contribution in [3.8, 4) is 17.2 Å². The van der Waals surface area contributed by atoms with E-state index in [1.165, 1.54) is 5.56 Å². The summed E-state index contributed by atoms with van der Waals surface area (Å²) in [7, 11) is 5.00. The highest BCUT2D eigenvalue weighted by Crippen LogP contribution is 2.22. The molecule has 2 aromatic carbocycles. The van der Waals surface area contributed by atoms with E-state index in [2.05, 4.69) is 17.4 Å². The van der Waals surface area contributed by atoms with Crippen molar-refractivity contribution in [2.24, 2.45) is 0 Å². The predicted molar refractivity (Wildman–Crippen MR) is 103 cm³/mol. The Morgan fingerprint density at radius 3 is 1.71 bits per heavy atom. The highest BCUT2D eigenvalue weighted by molar-refractivity contribution is 6.27. The van der Waals surface area contributed by atoms with Gasteiger partial charge in [-0.2, -0.15) is 0 Å². The third-order valence-corrected chi connectivity index (χ3v) is 3.67. The second-order valence-corrected chi connectivity index (χ2v) is 5.61. The van der Waals surface area contributed by atoms with E-state index in [0.717, 1.165) is 42.3 Å². The molecular formula is C20H25NO7. The molecule has 0 spiro atoms. The molecule has 152 valence electrons. The molecule has 2 rings (SSSR count). The first kappa shape index (κ1) is 22.8. The molecular weight excluding hydrogens is 366 g/mol. The summed E-state index contributed by atoms with van der Waals surface area (Å²) in [5.74, 6) is -1.14. The van der Waals surface area contributed by atoms with E-state index in [0.29, 0.717) is 0 Å². The van der Waals surface area contributed by atoms with Crippen LogP contribution in [0.25, 0.3) is 0 Å². The molecule has 3 N–H and O–H groups in total. The Balaban J connectivity index is 0.000000568. The number of carboxylic acid groups (broad SMARTS) is 2. The van der Waals surface area contributed by atoms with Crippen LogP contribution in [0, 0.1) is 0 Å². The van der Waals surface area contributed by atoms with E-state index in [9.17, 15) is 0 Å². The normalized spacial score (nSPS) is 9.68. The molecule has 8 nitrogen and oxygen atoms in total. The van der Waals surface area contributed by atoms with Crippen molar-refractivity contribution in [1.29, 1.82) is 0 Å². The summed E-state index contributed by atoms with van der Waals surface area (Å²) in [4.78, 5) is 18.2. The number of ether oxygens (including phenoxy) is 3. The van der Waals surface area contributed by atoms with Crippen molar-refractivity contribution in [2.75, 3.05) is 27.9 Å². The number of methoxy groups -OCH3 is 3. The van der Waals surface area contributed by atoms with Gasteiger partial charge in [-0.3, -0.25) is 0 Å². The van der Waals surface area contributed by atoms with Gasteiger partial charge in [-0.1, -0.05) is 12.1 Å². The van der Waals surface area contributed by atoms with Gasteiger partial charge in [-0.05, 0) is 48.4 Å². The highest BCUT2D eigenvalue weighted by Gasteiger charge is 2.04. The van der Waals surface area contributed by atoms with E-state index in [4.69, 9.17) is 34.0 Å². The Bertz CT molecular complexity index is 725. The molecule has 0 amide bonds. The summed E-state index contributed by atoms with van der Waals surface area (Å²) < 4.78 is 15.7. The maximum Gasteiger partial charge on any atom is 0.414 e. The van der Waals surface area contributed by atoms with Crippen LogP contribution in [0.4, 0.5) is 0 Å². The minimum absolute atomic E-state index is 0.781. The minimum atomic E-state index is -1.82. The first-order valence-electron chi connectivity index (χ1n) is 8.41. The van der Waals surface area contributed by atoms with Gasteiger partial charge < -0.3 is 29.7 Å². The quantitative estimate of drug-likeness (QED) is 0.463. The van der Waals surface area contributed by atoms with Crippen molar-refractivity contribution in [3.63, 3.8) is 0 Å². The summed E-state index contributed by atoms with van der Waals surface area (Å²) in [6, 6.07) is 14.1. The van der Waals surface area contributed by atoms with Crippen molar-refractivity contribution >= 4 is 11.9 Å². The number of hydrogen-bond acceptors (Lipinski definition) is 6. The largest absolute Gasteiger partial charge is 0.497 e. The molecule has 0 saturated heterocycles. The Hall–Kier alpha value is -3.26. The molecule has 0 saturated carbocycles. The molecule has 0 bridgehead atoms. The van der Waals surface area contributed by atoms with Crippen LogP contribution in [-0.2, 0) is 22.6 Å². The maximum absolute atomic E-state index is 9.10. The number of rotatable bonds is 8. The van der Waals surface area contributed by atoms with E-state index >= 15 is 0 Å². The van der Waals surface area contributed by atoms with Gasteiger partial charge in [-0.15, -0.1) is 0 Å². The second-order valence-electron chi connectivity index (χ2n) is 5.61. The number of carbonyl (C=O) groups is 2. The molecule has 0 fully saturated rings. The average molecular weight is 391 g/mol. The Kier molecular flexibility index (Phi) is 9.91. The second kappa shape index (κ2) is 12.2. The van der Waals surface area contributed by atoms with E-state index in [1.807, 2.05) is 30.3 Å². The van der Waals surface area contributed by atoms with Crippen LogP contribution in [0.2, 0.25) is 0 Å². The zero-order valence-electron chi connectivity index (χ0n) is 16.1. The Morgan fingerprint density at radius 2 is 1.29 bits per heavy atom. The van der Waals surface area contributed by atoms with Gasteiger partial charge in [0.15, 0.2) is 0 Å². The van der Waals surface area contributed by atoms with Gasteiger partial charge in [0.1, 0.15) is 17.2 Å². The monoisotopic (exact) mass is 391 g/mol. The molecule has 2 aromatic rings. The number of carboxylic acids is 2. The Morgan fingerprint density at radius 1 is 0.786 bits per heavy atom. The number of nitrogens with one attached hydrogen (secondary N) is 1. The Labute approximate surface area is 163 Å². The molecule has 8 heteroatoms. The van der Waals surface area contributed by atoms with Gasteiger partial charge in [-0.25, -0.2) is 9.59 Å². The molecule has 0 radical (unpaired) electrons. The van der Waals surface area contributed by atoms with Gasteiger partial charge in [0.25, 0.3) is 0 Å². The molecule has 28 heavy (non-hydrogen) atoms. The van der Waals surface area contributed by atoms with Crippen molar-refractivity contribution < 1.29 is 34.0 Å². The van der Waals surface area contributed by atoms with E-state index < -0.39 is 11.9 Å². The molecule has 0 unspecified atom stereocenters. The van der Waals surface area contributed by atoms with Crippen LogP contribution >= 0.6 is 0 Å². The third-order valence-electron chi connectivity index (χ3n) is 3.67. The molecule has 0 aliphatic carbocycles. The lowest BCUT2D eigenvalue weighted by Crippen LogP contribution is -2.16. The number of hydrogen-bond donors (Lipinski definition) is 3. The summed E-state index contributed by atoms with van der Waals surface area (Å²) in [6.07, 6.45) is 0.977. The van der Waals surface area contributed by atoms with Crippen LogP contribution in [0.3, 0.4) is 0 Å². The zero-order valence-corrected chi connectivity index (χ0v) is 16.1. The zero-order chi connectivity index (χ0) is 20.9. The average Bonchev–Trinajstić information content (AvgIpc) is 2.71. The fourth-order valence-corrected chi connectivity index (χ4v) is 2.23. The molecule has 0 atom stereocenters. The lowest BCUT2D eigenvalue weighted by molar-refractivity contribution is -0.159. The summed E-state index contributed by atoms with van der Waals surface area (Å²) in [5, 5.41) is 18.2. The van der Waals surface area contributed by atoms with Crippen LogP contribution in [0.15, 0.2) is 42.5 Å². The number of aliphatic carboxylic acids is 2. The van der Waals surface area contributed by atoms with Crippen LogP contribution in [-0.4, -0.2) is 50.0 Å². The van der Waals surface area contributed by atoms with E-state index in [1.54, 1.807) is 21.3 Å². The third kappa shape index (κ3) is 8.41. The lowest BCUT2D eigenvalue weighted by atomic mass is 10.1. The fraction of sp³-hybridized carbons (Fsp3) is 0.300. The van der Waals surface area contributed by atoms with Gasteiger partial charge in [0, 0.05) is 12.6 Å². The van der Waals surface area contributed by atoms with E-state index in [-0.39, 0.29) is 0 Å². The minimum Gasteiger partial charge on any atom is -0.497 e. The first-order valence-corrected chi connectivity index (χ1v) is 8.41. The molecule has 0 aliphatic rings. The fourth-order valence-electron chi connectivity index (χ4n) is 2.23.